The maximum Gasteiger partial charge on any atom is 0.259 e. The van der Waals surface area contributed by atoms with Crippen LogP contribution in [0.5, 0.6) is 0 Å². The van der Waals surface area contributed by atoms with Gasteiger partial charge >= 0.3 is 0 Å². The molecule has 0 aliphatic carbocycles. The van der Waals surface area contributed by atoms with Crippen LogP contribution in [0.25, 0.3) is 0 Å². The number of aliphatic hydroxyl groups is 3. The lowest BCUT2D eigenvalue weighted by molar-refractivity contribution is -0.175. The molecule has 32 heavy (non-hydrogen) atoms. The maximum absolute atomic E-state index is 12.6. The standard InChI is InChI=1S/C26H51NO5/c1-2-3-4-5-6-7-8-9-10-11-12-13-14-15-16-17-18-24(29)26(31,23-28)25(30)27-19-21-32-22-20-27/h24,28-29,31H,2-23H2,1H3. The van der Waals surface area contributed by atoms with Gasteiger partial charge in [0, 0.05) is 13.1 Å². The van der Waals surface area contributed by atoms with Gasteiger partial charge in [0.15, 0.2) is 5.60 Å². The minimum atomic E-state index is -2.10. The molecule has 1 heterocycles. The van der Waals surface area contributed by atoms with Gasteiger partial charge in [0.25, 0.3) is 5.91 Å². The predicted octanol–water partition coefficient (Wildman–Crippen LogP) is 4.58. The molecular weight excluding hydrogens is 406 g/mol. The number of hydrogen-bond donors (Lipinski definition) is 3. The van der Waals surface area contributed by atoms with Crippen molar-refractivity contribution in [1.29, 1.82) is 0 Å². The summed E-state index contributed by atoms with van der Waals surface area (Å²) < 4.78 is 5.22. The van der Waals surface area contributed by atoms with Crippen LogP contribution in [0.3, 0.4) is 0 Å². The molecule has 0 aromatic carbocycles. The third-order valence-corrected chi connectivity index (χ3v) is 6.79. The number of carbonyl (C=O) groups excluding carboxylic acids is 1. The van der Waals surface area contributed by atoms with Crippen LogP contribution >= 0.6 is 0 Å². The van der Waals surface area contributed by atoms with Crippen LogP contribution in [-0.2, 0) is 9.53 Å². The molecule has 1 aliphatic heterocycles. The predicted molar refractivity (Wildman–Crippen MR) is 130 cm³/mol. The SMILES string of the molecule is CCCCCCCCCCCCCCCCCCC(O)C(O)(CO)C(=O)N1CCOCC1. The normalized spacial score (nSPS) is 17.3. The van der Waals surface area contributed by atoms with Gasteiger partial charge in [-0.2, -0.15) is 0 Å². The zero-order valence-electron chi connectivity index (χ0n) is 20.7. The molecular formula is C26H51NO5. The molecule has 1 saturated heterocycles. The van der Waals surface area contributed by atoms with E-state index in [9.17, 15) is 20.1 Å². The van der Waals surface area contributed by atoms with Crippen LogP contribution < -0.4 is 0 Å². The molecule has 0 spiro atoms. The van der Waals surface area contributed by atoms with Crippen LogP contribution in [0.2, 0.25) is 0 Å². The average Bonchev–Trinajstić information content (AvgIpc) is 2.83. The first-order valence-electron chi connectivity index (χ1n) is 13.4. The Hall–Kier alpha value is -0.690. The number of rotatable bonds is 20. The Morgan fingerprint density at radius 2 is 1.22 bits per heavy atom. The molecule has 1 rings (SSSR count). The largest absolute Gasteiger partial charge is 0.393 e. The van der Waals surface area contributed by atoms with E-state index in [1.54, 1.807) is 0 Å². The molecule has 1 aliphatic rings. The quantitative estimate of drug-likeness (QED) is 0.233. The van der Waals surface area contributed by atoms with Gasteiger partial charge in [0.1, 0.15) is 0 Å². The average molecular weight is 458 g/mol. The Morgan fingerprint density at radius 1 is 0.812 bits per heavy atom. The molecule has 0 radical (unpaired) electrons. The van der Waals surface area contributed by atoms with Gasteiger partial charge in [-0.1, -0.05) is 110 Å². The molecule has 3 N–H and O–H groups in total. The van der Waals surface area contributed by atoms with Crippen molar-refractivity contribution >= 4 is 5.91 Å². The minimum absolute atomic E-state index is 0.325. The third-order valence-electron chi connectivity index (χ3n) is 6.79. The Balaban J connectivity index is 1.99. The summed E-state index contributed by atoms with van der Waals surface area (Å²) in [5.74, 6) is -0.590. The van der Waals surface area contributed by atoms with Crippen LogP contribution in [0.1, 0.15) is 116 Å². The highest BCUT2D eigenvalue weighted by Crippen LogP contribution is 2.21. The van der Waals surface area contributed by atoms with E-state index in [1.165, 1.54) is 88.4 Å². The minimum Gasteiger partial charge on any atom is -0.393 e. The van der Waals surface area contributed by atoms with Crippen molar-refractivity contribution < 1.29 is 24.9 Å². The fourth-order valence-corrected chi connectivity index (χ4v) is 4.48. The van der Waals surface area contributed by atoms with Crippen molar-refractivity contribution in [2.24, 2.45) is 0 Å². The highest BCUT2D eigenvalue weighted by atomic mass is 16.5. The van der Waals surface area contributed by atoms with E-state index >= 15 is 0 Å². The van der Waals surface area contributed by atoms with Crippen molar-refractivity contribution in [1.82, 2.24) is 4.90 Å². The molecule has 0 aromatic heterocycles. The number of amides is 1. The molecule has 0 bridgehead atoms. The van der Waals surface area contributed by atoms with Crippen LogP contribution in [-0.4, -0.2) is 70.7 Å². The second-order valence-corrected chi connectivity index (χ2v) is 9.59. The van der Waals surface area contributed by atoms with Gasteiger partial charge in [-0.25, -0.2) is 0 Å². The first-order chi connectivity index (χ1) is 15.6. The number of nitrogens with zero attached hydrogens (tertiary/aromatic N) is 1. The van der Waals surface area contributed by atoms with Crippen LogP contribution in [0.15, 0.2) is 0 Å². The number of hydrogen-bond acceptors (Lipinski definition) is 5. The molecule has 6 nitrogen and oxygen atoms in total. The number of aliphatic hydroxyl groups excluding tert-OH is 2. The summed E-state index contributed by atoms with van der Waals surface area (Å²) in [6, 6.07) is 0. The summed E-state index contributed by atoms with van der Waals surface area (Å²) in [5.41, 5.74) is -2.10. The van der Waals surface area contributed by atoms with Gasteiger partial charge < -0.3 is 25.0 Å². The summed E-state index contributed by atoms with van der Waals surface area (Å²) in [7, 11) is 0. The second-order valence-electron chi connectivity index (χ2n) is 9.59. The van der Waals surface area contributed by atoms with Crippen LogP contribution in [0.4, 0.5) is 0 Å². The maximum atomic E-state index is 12.6. The smallest absolute Gasteiger partial charge is 0.259 e. The molecule has 1 amide bonds. The second kappa shape index (κ2) is 18.7. The molecule has 190 valence electrons. The molecule has 6 heteroatoms. The number of unbranched alkanes of at least 4 members (excludes halogenated alkanes) is 15. The van der Waals surface area contributed by atoms with E-state index in [0.29, 0.717) is 32.7 Å². The van der Waals surface area contributed by atoms with Crippen molar-refractivity contribution in [2.45, 2.75) is 128 Å². The lowest BCUT2D eigenvalue weighted by atomic mass is 9.91. The van der Waals surface area contributed by atoms with E-state index in [1.807, 2.05) is 0 Å². The zero-order valence-corrected chi connectivity index (χ0v) is 20.7. The zero-order chi connectivity index (χ0) is 23.5. The summed E-state index contributed by atoms with van der Waals surface area (Å²) in [6.07, 6.45) is 19.5. The van der Waals surface area contributed by atoms with Gasteiger partial charge in [-0.15, -0.1) is 0 Å². The number of ether oxygens (including phenoxy) is 1. The highest BCUT2D eigenvalue weighted by Gasteiger charge is 2.45. The molecule has 2 unspecified atom stereocenters. The molecule has 1 fully saturated rings. The number of morpholine rings is 1. The molecule has 0 saturated carbocycles. The van der Waals surface area contributed by atoms with Gasteiger partial charge in [0.05, 0.1) is 25.9 Å². The summed E-state index contributed by atoms with van der Waals surface area (Å²) in [5, 5.41) is 30.6. The monoisotopic (exact) mass is 457 g/mol. The van der Waals surface area contributed by atoms with Crippen molar-refractivity contribution in [3.8, 4) is 0 Å². The lowest BCUT2D eigenvalue weighted by Gasteiger charge is -2.36. The summed E-state index contributed by atoms with van der Waals surface area (Å²) in [4.78, 5) is 14.0. The van der Waals surface area contributed by atoms with E-state index in [2.05, 4.69) is 6.92 Å². The topological polar surface area (TPSA) is 90.2 Å². The fourth-order valence-electron chi connectivity index (χ4n) is 4.48. The van der Waals surface area contributed by atoms with Crippen molar-refractivity contribution in [3.05, 3.63) is 0 Å². The van der Waals surface area contributed by atoms with Gasteiger partial charge in [-0.05, 0) is 6.42 Å². The van der Waals surface area contributed by atoms with Crippen molar-refractivity contribution in [2.75, 3.05) is 32.9 Å². The number of carbonyl (C=O) groups is 1. The highest BCUT2D eigenvalue weighted by molar-refractivity contribution is 5.86. The van der Waals surface area contributed by atoms with Gasteiger partial charge in [0.2, 0.25) is 0 Å². The van der Waals surface area contributed by atoms with Crippen molar-refractivity contribution in [3.63, 3.8) is 0 Å². The first-order valence-corrected chi connectivity index (χ1v) is 13.4. The van der Waals surface area contributed by atoms with E-state index in [-0.39, 0.29) is 0 Å². The molecule has 2 atom stereocenters. The van der Waals surface area contributed by atoms with E-state index in [0.717, 1.165) is 19.3 Å². The Morgan fingerprint density at radius 3 is 1.62 bits per heavy atom. The van der Waals surface area contributed by atoms with E-state index in [4.69, 9.17) is 4.74 Å². The summed E-state index contributed by atoms with van der Waals surface area (Å²) in [6.45, 7) is 3.11. The fraction of sp³-hybridized carbons (Fsp3) is 0.962. The summed E-state index contributed by atoms with van der Waals surface area (Å²) >= 11 is 0. The van der Waals surface area contributed by atoms with Crippen LogP contribution in [0, 0.1) is 0 Å². The molecule has 0 aromatic rings. The Labute approximate surface area is 196 Å². The first kappa shape index (κ1) is 29.3. The Kier molecular flexibility index (Phi) is 17.2. The third kappa shape index (κ3) is 12.0. The van der Waals surface area contributed by atoms with Gasteiger partial charge in [-0.3, -0.25) is 4.79 Å². The Bertz CT molecular complexity index is 455. The lowest BCUT2D eigenvalue weighted by Crippen LogP contribution is -2.60. The van der Waals surface area contributed by atoms with E-state index < -0.39 is 24.2 Å².